The molecule has 1 unspecified atom stereocenters. The Bertz CT molecular complexity index is 291. The van der Waals surface area contributed by atoms with Gasteiger partial charge in [-0.25, -0.2) is 9.97 Å². The average Bonchev–Trinajstić information content (AvgIpc) is 2.17. The Hall–Kier alpha value is -1.20. The zero-order valence-electron chi connectivity index (χ0n) is 9.20. The molecule has 1 atom stereocenters. The Morgan fingerprint density at radius 2 is 2.20 bits per heavy atom. The number of hydrogen-bond donors (Lipinski definition) is 3. The highest BCUT2D eigenvalue weighted by atomic mass is 16.3. The molecule has 0 saturated heterocycles. The first-order valence-electron chi connectivity index (χ1n) is 5.10. The monoisotopic (exact) mass is 210 g/mol. The van der Waals surface area contributed by atoms with E-state index in [0.717, 1.165) is 24.6 Å². The summed E-state index contributed by atoms with van der Waals surface area (Å²) in [6.45, 7) is 5.88. The van der Waals surface area contributed by atoms with E-state index in [-0.39, 0.29) is 6.10 Å². The van der Waals surface area contributed by atoms with Crippen LogP contribution in [0.3, 0.4) is 0 Å². The van der Waals surface area contributed by atoms with E-state index in [1.54, 1.807) is 13.3 Å². The quantitative estimate of drug-likeness (QED) is 0.584. The zero-order valence-corrected chi connectivity index (χ0v) is 9.20. The Labute approximate surface area is 90.0 Å². The summed E-state index contributed by atoms with van der Waals surface area (Å²) in [6, 6.07) is 1.90. The van der Waals surface area contributed by atoms with Crippen LogP contribution >= 0.6 is 0 Å². The van der Waals surface area contributed by atoms with E-state index >= 15 is 0 Å². The van der Waals surface area contributed by atoms with Crippen LogP contribution in [0, 0.1) is 6.92 Å². The molecule has 0 fully saturated rings. The smallest absolute Gasteiger partial charge is 0.129 e. The molecule has 1 rings (SSSR count). The first-order valence-corrected chi connectivity index (χ1v) is 5.10. The molecule has 0 saturated carbocycles. The first kappa shape index (κ1) is 11.9. The first-order chi connectivity index (χ1) is 7.18. The van der Waals surface area contributed by atoms with Crippen LogP contribution in [0.1, 0.15) is 12.6 Å². The molecule has 15 heavy (non-hydrogen) atoms. The summed E-state index contributed by atoms with van der Waals surface area (Å²) in [5.74, 6) is 0.835. The highest BCUT2D eigenvalue weighted by Gasteiger charge is 1.95. The third-order valence-electron chi connectivity index (χ3n) is 1.85. The summed E-state index contributed by atoms with van der Waals surface area (Å²) in [7, 11) is 0. The van der Waals surface area contributed by atoms with E-state index in [9.17, 15) is 0 Å². The van der Waals surface area contributed by atoms with Crippen molar-refractivity contribution in [1.29, 1.82) is 0 Å². The van der Waals surface area contributed by atoms with E-state index in [1.807, 2.05) is 13.0 Å². The summed E-state index contributed by atoms with van der Waals surface area (Å²) in [5, 5.41) is 15.3. The van der Waals surface area contributed by atoms with Crippen molar-refractivity contribution >= 4 is 5.82 Å². The average molecular weight is 210 g/mol. The second kappa shape index (κ2) is 6.31. The summed E-state index contributed by atoms with van der Waals surface area (Å²) >= 11 is 0. The van der Waals surface area contributed by atoms with Crippen LogP contribution in [0.15, 0.2) is 12.4 Å². The highest BCUT2D eigenvalue weighted by Crippen LogP contribution is 2.00. The molecule has 0 aliphatic carbocycles. The molecular formula is C10H18N4O. The fourth-order valence-corrected chi connectivity index (χ4v) is 1.14. The lowest BCUT2D eigenvalue weighted by atomic mass is 10.4. The Kier molecular flexibility index (Phi) is 5.00. The van der Waals surface area contributed by atoms with Gasteiger partial charge in [0.25, 0.3) is 0 Å². The second-order valence-corrected chi connectivity index (χ2v) is 3.52. The largest absolute Gasteiger partial charge is 0.392 e. The van der Waals surface area contributed by atoms with E-state index in [0.29, 0.717) is 6.54 Å². The van der Waals surface area contributed by atoms with Crippen molar-refractivity contribution in [2.24, 2.45) is 0 Å². The van der Waals surface area contributed by atoms with Crippen molar-refractivity contribution in [2.75, 3.05) is 25.0 Å². The number of aliphatic hydroxyl groups is 1. The molecule has 0 spiro atoms. The SMILES string of the molecule is Cc1cc(NCCNCC(C)O)ncn1. The number of anilines is 1. The summed E-state index contributed by atoms with van der Waals surface area (Å²) in [5.41, 5.74) is 0.949. The predicted molar refractivity (Wildman–Crippen MR) is 59.8 cm³/mol. The van der Waals surface area contributed by atoms with E-state index in [4.69, 9.17) is 5.11 Å². The topological polar surface area (TPSA) is 70.1 Å². The van der Waals surface area contributed by atoms with Gasteiger partial charge < -0.3 is 15.7 Å². The van der Waals surface area contributed by atoms with E-state index < -0.39 is 0 Å². The number of nitrogens with one attached hydrogen (secondary N) is 2. The minimum Gasteiger partial charge on any atom is -0.392 e. The van der Waals surface area contributed by atoms with Crippen LogP contribution in [-0.2, 0) is 0 Å². The third-order valence-corrected chi connectivity index (χ3v) is 1.85. The standard InChI is InChI=1S/C10H18N4O/c1-8-5-10(14-7-13-8)12-4-3-11-6-9(2)15/h5,7,9,11,15H,3-4,6H2,1-2H3,(H,12,13,14). The lowest BCUT2D eigenvalue weighted by Crippen LogP contribution is -2.29. The maximum Gasteiger partial charge on any atom is 0.129 e. The molecule has 0 bridgehead atoms. The van der Waals surface area contributed by atoms with Crippen molar-refractivity contribution in [1.82, 2.24) is 15.3 Å². The van der Waals surface area contributed by atoms with Crippen molar-refractivity contribution in [3.8, 4) is 0 Å². The molecular weight excluding hydrogens is 192 g/mol. The molecule has 1 aromatic heterocycles. The maximum atomic E-state index is 9.00. The van der Waals surface area contributed by atoms with Gasteiger partial charge in [-0.15, -0.1) is 0 Å². The molecule has 0 aliphatic heterocycles. The summed E-state index contributed by atoms with van der Waals surface area (Å²) in [4.78, 5) is 8.08. The molecule has 0 aromatic carbocycles. The van der Waals surface area contributed by atoms with Gasteiger partial charge >= 0.3 is 0 Å². The van der Waals surface area contributed by atoms with Crippen molar-refractivity contribution in [2.45, 2.75) is 20.0 Å². The number of aryl methyl sites for hydroxylation is 1. The van der Waals surface area contributed by atoms with Crippen LogP contribution in [0.25, 0.3) is 0 Å². The van der Waals surface area contributed by atoms with Gasteiger partial charge in [0.15, 0.2) is 0 Å². The lowest BCUT2D eigenvalue weighted by Gasteiger charge is -2.08. The number of nitrogens with zero attached hydrogens (tertiary/aromatic N) is 2. The van der Waals surface area contributed by atoms with E-state index in [2.05, 4.69) is 20.6 Å². The number of aliphatic hydroxyl groups excluding tert-OH is 1. The molecule has 84 valence electrons. The molecule has 1 aromatic rings. The zero-order chi connectivity index (χ0) is 11.1. The highest BCUT2D eigenvalue weighted by molar-refractivity contribution is 5.34. The van der Waals surface area contributed by atoms with Gasteiger partial charge in [0, 0.05) is 31.4 Å². The second-order valence-electron chi connectivity index (χ2n) is 3.52. The fraction of sp³-hybridized carbons (Fsp3) is 0.600. The van der Waals surface area contributed by atoms with Crippen LogP contribution in [-0.4, -0.2) is 40.8 Å². The van der Waals surface area contributed by atoms with Gasteiger partial charge in [-0.2, -0.15) is 0 Å². The predicted octanol–water partition coefficient (Wildman–Crippen LogP) is 0.167. The number of aromatic nitrogens is 2. The Balaban J connectivity index is 2.15. The van der Waals surface area contributed by atoms with Gasteiger partial charge in [-0.05, 0) is 13.8 Å². The summed E-state index contributed by atoms with van der Waals surface area (Å²) in [6.07, 6.45) is 1.24. The van der Waals surface area contributed by atoms with Gasteiger partial charge in [0.2, 0.25) is 0 Å². The molecule has 3 N–H and O–H groups in total. The summed E-state index contributed by atoms with van der Waals surface area (Å²) < 4.78 is 0. The molecule has 0 aliphatic rings. The number of rotatable bonds is 6. The van der Waals surface area contributed by atoms with Crippen molar-refractivity contribution in [3.05, 3.63) is 18.1 Å². The van der Waals surface area contributed by atoms with Crippen LogP contribution < -0.4 is 10.6 Å². The van der Waals surface area contributed by atoms with Crippen molar-refractivity contribution < 1.29 is 5.11 Å². The molecule has 5 nitrogen and oxygen atoms in total. The van der Waals surface area contributed by atoms with Crippen molar-refractivity contribution in [3.63, 3.8) is 0 Å². The van der Waals surface area contributed by atoms with Crippen LogP contribution in [0.2, 0.25) is 0 Å². The minimum absolute atomic E-state index is 0.300. The Morgan fingerprint density at radius 3 is 2.87 bits per heavy atom. The molecule has 5 heteroatoms. The van der Waals surface area contributed by atoms with Gasteiger partial charge in [0.05, 0.1) is 6.10 Å². The molecule has 0 amide bonds. The van der Waals surface area contributed by atoms with Gasteiger partial charge in [-0.3, -0.25) is 0 Å². The molecule has 1 heterocycles. The fourth-order valence-electron chi connectivity index (χ4n) is 1.14. The minimum atomic E-state index is -0.300. The number of hydrogen-bond acceptors (Lipinski definition) is 5. The maximum absolute atomic E-state index is 9.00. The van der Waals surface area contributed by atoms with E-state index in [1.165, 1.54) is 0 Å². The molecule has 0 radical (unpaired) electrons. The van der Waals surface area contributed by atoms with Crippen LogP contribution in [0.5, 0.6) is 0 Å². The van der Waals surface area contributed by atoms with Gasteiger partial charge in [0.1, 0.15) is 12.1 Å². The Morgan fingerprint density at radius 1 is 1.40 bits per heavy atom. The normalized spacial score (nSPS) is 12.5. The van der Waals surface area contributed by atoms with Crippen LogP contribution in [0.4, 0.5) is 5.82 Å². The third kappa shape index (κ3) is 5.29. The van der Waals surface area contributed by atoms with Gasteiger partial charge in [-0.1, -0.05) is 0 Å². The lowest BCUT2D eigenvalue weighted by molar-refractivity contribution is 0.192.